The van der Waals surface area contributed by atoms with E-state index in [-0.39, 0.29) is 18.0 Å². The van der Waals surface area contributed by atoms with Gasteiger partial charge in [0.25, 0.3) is 0 Å². The Labute approximate surface area is 164 Å². The van der Waals surface area contributed by atoms with Crippen molar-refractivity contribution in [2.24, 2.45) is 17.8 Å². The van der Waals surface area contributed by atoms with Crippen LogP contribution in [0.5, 0.6) is 0 Å². The molecule has 0 aliphatic heterocycles. The SMILES string of the molecule is CC1CCC(C(C)C)C(OC(=O)C(Cc2ccccc2)c2ccccc2)C1. The molecule has 4 unspecified atom stereocenters. The van der Waals surface area contributed by atoms with Gasteiger partial charge in [-0.15, -0.1) is 0 Å². The molecule has 1 aliphatic rings. The molecule has 0 amide bonds. The van der Waals surface area contributed by atoms with Crippen LogP contribution in [0.4, 0.5) is 0 Å². The lowest BCUT2D eigenvalue weighted by Gasteiger charge is -2.37. The Morgan fingerprint density at radius 1 is 1.00 bits per heavy atom. The molecule has 27 heavy (non-hydrogen) atoms. The largest absolute Gasteiger partial charge is 0.462 e. The first-order chi connectivity index (χ1) is 13.0. The number of rotatable bonds is 6. The highest BCUT2D eigenvalue weighted by Crippen LogP contribution is 2.36. The fourth-order valence-corrected chi connectivity index (χ4v) is 4.35. The summed E-state index contributed by atoms with van der Waals surface area (Å²) >= 11 is 0. The Balaban J connectivity index is 1.79. The molecule has 3 rings (SSSR count). The lowest BCUT2D eigenvalue weighted by Crippen LogP contribution is -2.37. The Kier molecular flexibility index (Phi) is 6.71. The first kappa shape index (κ1) is 19.7. The van der Waals surface area contributed by atoms with Crippen molar-refractivity contribution < 1.29 is 9.53 Å². The van der Waals surface area contributed by atoms with Crippen molar-refractivity contribution in [3.63, 3.8) is 0 Å². The van der Waals surface area contributed by atoms with E-state index in [1.165, 1.54) is 12.0 Å². The summed E-state index contributed by atoms with van der Waals surface area (Å²) in [5.74, 6) is 1.31. The van der Waals surface area contributed by atoms with Crippen LogP contribution in [-0.2, 0) is 16.0 Å². The van der Waals surface area contributed by atoms with Gasteiger partial charge in [-0.3, -0.25) is 4.79 Å². The summed E-state index contributed by atoms with van der Waals surface area (Å²) in [5.41, 5.74) is 2.21. The van der Waals surface area contributed by atoms with Gasteiger partial charge in [-0.1, -0.05) is 87.9 Å². The van der Waals surface area contributed by atoms with Crippen LogP contribution in [0.25, 0.3) is 0 Å². The molecule has 0 heterocycles. The number of benzene rings is 2. The monoisotopic (exact) mass is 364 g/mol. The van der Waals surface area contributed by atoms with Gasteiger partial charge in [-0.2, -0.15) is 0 Å². The van der Waals surface area contributed by atoms with E-state index in [9.17, 15) is 4.79 Å². The lowest BCUT2D eigenvalue weighted by molar-refractivity contribution is -0.157. The van der Waals surface area contributed by atoms with E-state index in [0.717, 1.165) is 18.4 Å². The lowest BCUT2D eigenvalue weighted by atomic mass is 9.75. The Morgan fingerprint density at radius 3 is 2.26 bits per heavy atom. The zero-order valence-corrected chi connectivity index (χ0v) is 16.8. The number of hydrogen-bond donors (Lipinski definition) is 0. The van der Waals surface area contributed by atoms with Crippen LogP contribution in [0.15, 0.2) is 60.7 Å². The standard InChI is InChI=1S/C25H32O2/c1-18(2)22-15-14-19(3)16-24(22)27-25(26)23(21-12-8-5-9-13-21)17-20-10-6-4-7-11-20/h4-13,18-19,22-24H,14-17H2,1-3H3. The predicted octanol–water partition coefficient (Wildman–Crippen LogP) is 6.02. The molecule has 0 bridgehead atoms. The fraction of sp³-hybridized carbons (Fsp3) is 0.480. The van der Waals surface area contributed by atoms with Crippen LogP contribution < -0.4 is 0 Å². The zero-order chi connectivity index (χ0) is 19.2. The van der Waals surface area contributed by atoms with Gasteiger partial charge in [0.15, 0.2) is 0 Å². The Hall–Kier alpha value is -2.09. The smallest absolute Gasteiger partial charge is 0.314 e. The Bertz CT molecular complexity index is 708. The van der Waals surface area contributed by atoms with Crippen molar-refractivity contribution in [3.8, 4) is 0 Å². The third-order valence-electron chi connectivity index (χ3n) is 6.00. The molecule has 144 valence electrons. The highest BCUT2D eigenvalue weighted by Gasteiger charge is 2.35. The number of esters is 1. The topological polar surface area (TPSA) is 26.3 Å². The first-order valence-corrected chi connectivity index (χ1v) is 10.3. The van der Waals surface area contributed by atoms with Crippen LogP contribution >= 0.6 is 0 Å². The minimum atomic E-state index is -0.251. The van der Waals surface area contributed by atoms with Gasteiger partial charge in [0.1, 0.15) is 6.10 Å². The van der Waals surface area contributed by atoms with Crippen molar-refractivity contribution in [1.82, 2.24) is 0 Å². The van der Waals surface area contributed by atoms with Crippen LogP contribution in [0.1, 0.15) is 57.1 Å². The summed E-state index contributed by atoms with van der Waals surface area (Å²) in [4.78, 5) is 13.3. The predicted molar refractivity (Wildman–Crippen MR) is 111 cm³/mol. The maximum absolute atomic E-state index is 13.3. The van der Waals surface area contributed by atoms with Crippen LogP contribution in [0.2, 0.25) is 0 Å². The van der Waals surface area contributed by atoms with Crippen molar-refractivity contribution >= 4 is 5.97 Å². The van der Waals surface area contributed by atoms with E-state index in [1.54, 1.807) is 0 Å². The second-order valence-corrected chi connectivity index (χ2v) is 8.45. The van der Waals surface area contributed by atoms with Gasteiger partial charge < -0.3 is 4.74 Å². The van der Waals surface area contributed by atoms with Crippen LogP contribution in [0, 0.1) is 17.8 Å². The molecule has 1 fully saturated rings. The summed E-state index contributed by atoms with van der Waals surface area (Å²) < 4.78 is 6.19. The average molecular weight is 365 g/mol. The second kappa shape index (κ2) is 9.21. The molecule has 0 spiro atoms. The van der Waals surface area contributed by atoms with Crippen LogP contribution in [0.3, 0.4) is 0 Å². The zero-order valence-electron chi connectivity index (χ0n) is 16.8. The molecule has 1 aliphatic carbocycles. The highest BCUT2D eigenvalue weighted by atomic mass is 16.5. The number of carbonyl (C=O) groups excluding carboxylic acids is 1. The van der Waals surface area contributed by atoms with Gasteiger partial charge in [0, 0.05) is 0 Å². The summed E-state index contributed by atoms with van der Waals surface area (Å²) in [5, 5.41) is 0. The molecular formula is C25H32O2. The molecule has 2 aromatic carbocycles. The normalized spacial score (nSPS) is 23.8. The minimum Gasteiger partial charge on any atom is -0.462 e. The van der Waals surface area contributed by atoms with Crippen molar-refractivity contribution in [2.45, 2.75) is 58.5 Å². The molecule has 0 radical (unpaired) electrons. The average Bonchev–Trinajstić information content (AvgIpc) is 2.67. The highest BCUT2D eigenvalue weighted by molar-refractivity contribution is 5.78. The molecule has 0 saturated heterocycles. The fourth-order valence-electron chi connectivity index (χ4n) is 4.35. The van der Waals surface area contributed by atoms with Crippen molar-refractivity contribution in [3.05, 3.63) is 71.8 Å². The molecular weight excluding hydrogens is 332 g/mol. The first-order valence-electron chi connectivity index (χ1n) is 10.3. The van der Waals surface area contributed by atoms with E-state index >= 15 is 0 Å². The minimum absolute atomic E-state index is 0.0447. The number of hydrogen-bond acceptors (Lipinski definition) is 2. The maximum atomic E-state index is 13.3. The summed E-state index contributed by atoms with van der Waals surface area (Å²) in [6.07, 6.45) is 4.11. The molecule has 4 atom stereocenters. The third kappa shape index (κ3) is 5.22. The van der Waals surface area contributed by atoms with E-state index in [1.807, 2.05) is 48.5 Å². The summed E-state index contributed by atoms with van der Waals surface area (Å²) in [7, 11) is 0. The molecule has 0 aromatic heterocycles. The summed E-state index contributed by atoms with van der Waals surface area (Å²) in [6.45, 7) is 6.77. The molecule has 2 nitrogen and oxygen atoms in total. The molecule has 0 N–H and O–H groups in total. The van der Waals surface area contributed by atoms with E-state index in [2.05, 4.69) is 32.9 Å². The molecule has 2 heteroatoms. The number of carbonyl (C=O) groups is 1. The van der Waals surface area contributed by atoms with E-state index in [4.69, 9.17) is 4.74 Å². The number of ether oxygens (including phenoxy) is 1. The third-order valence-corrected chi connectivity index (χ3v) is 6.00. The van der Waals surface area contributed by atoms with Gasteiger partial charge in [0.05, 0.1) is 5.92 Å². The second-order valence-electron chi connectivity index (χ2n) is 8.45. The quantitative estimate of drug-likeness (QED) is 0.586. The van der Waals surface area contributed by atoms with Gasteiger partial charge in [-0.05, 0) is 48.1 Å². The van der Waals surface area contributed by atoms with Gasteiger partial charge in [0.2, 0.25) is 0 Å². The van der Waals surface area contributed by atoms with E-state index in [0.29, 0.717) is 24.2 Å². The molecule has 1 saturated carbocycles. The molecule has 2 aromatic rings. The Morgan fingerprint density at radius 2 is 1.63 bits per heavy atom. The maximum Gasteiger partial charge on any atom is 0.314 e. The van der Waals surface area contributed by atoms with E-state index < -0.39 is 0 Å². The van der Waals surface area contributed by atoms with Crippen molar-refractivity contribution in [1.29, 1.82) is 0 Å². The summed E-state index contributed by atoms with van der Waals surface area (Å²) in [6, 6.07) is 20.3. The van der Waals surface area contributed by atoms with Gasteiger partial charge >= 0.3 is 5.97 Å². The van der Waals surface area contributed by atoms with Gasteiger partial charge in [-0.25, -0.2) is 0 Å². The van der Waals surface area contributed by atoms with Crippen molar-refractivity contribution in [2.75, 3.05) is 0 Å². The van der Waals surface area contributed by atoms with Crippen LogP contribution in [-0.4, -0.2) is 12.1 Å².